The minimum Gasteiger partial charge on any atom is -0.341 e. The number of fused-ring (bicyclic) bond motifs is 1. The van der Waals surface area contributed by atoms with Crippen molar-refractivity contribution >= 4 is 35.2 Å². The molecule has 0 saturated carbocycles. The fourth-order valence-corrected chi connectivity index (χ4v) is 4.95. The monoisotopic (exact) mass is 464 g/mol. The minimum absolute atomic E-state index is 0.0317. The van der Waals surface area contributed by atoms with Crippen molar-refractivity contribution in [2.75, 3.05) is 35.7 Å². The molecule has 2 amide bonds. The van der Waals surface area contributed by atoms with E-state index >= 15 is 0 Å². The zero-order chi connectivity index (χ0) is 22.8. The summed E-state index contributed by atoms with van der Waals surface area (Å²) < 4.78 is 1.60. The average Bonchev–Trinajstić information content (AvgIpc) is 3.52. The van der Waals surface area contributed by atoms with Gasteiger partial charge in [-0.15, -0.1) is 16.9 Å². The molecule has 10 nitrogen and oxygen atoms in total. The van der Waals surface area contributed by atoms with E-state index < -0.39 is 11.9 Å². The third-order valence-corrected chi connectivity index (χ3v) is 6.79. The first-order valence-corrected chi connectivity index (χ1v) is 11.8. The number of hydrogen-bond donors (Lipinski definition) is 1. The summed E-state index contributed by atoms with van der Waals surface area (Å²) in [5.41, 5.74) is 1.70. The molecule has 2 aliphatic heterocycles. The van der Waals surface area contributed by atoms with Crippen LogP contribution in [-0.4, -0.2) is 68.5 Å². The topological polar surface area (TPSA) is 109 Å². The summed E-state index contributed by atoms with van der Waals surface area (Å²) >= 11 is 1.44. The van der Waals surface area contributed by atoms with Crippen LogP contribution in [0.5, 0.6) is 0 Å². The third kappa shape index (κ3) is 4.54. The Kier molecular flexibility index (Phi) is 5.95. The van der Waals surface area contributed by atoms with Crippen LogP contribution in [0.25, 0.3) is 0 Å². The zero-order valence-corrected chi connectivity index (χ0v) is 19.0. The Morgan fingerprint density at radius 1 is 1.18 bits per heavy atom. The normalized spacial score (nSPS) is 18.2. The molecule has 0 radical (unpaired) electrons. The van der Waals surface area contributed by atoms with Crippen LogP contribution < -0.4 is 15.1 Å². The molecule has 5 rings (SSSR count). The Hall–Kier alpha value is -3.47. The molecule has 0 aliphatic carbocycles. The smallest absolute Gasteiger partial charge is 0.291 e. The maximum Gasteiger partial charge on any atom is 0.291 e. The lowest BCUT2D eigenvalue weighted by molar-refractivity contribution is -0.119. The van der Waals surface area contributed by atoms with Gasteiger partial charge < -0.3 is 15.1 Å². The third-order valence-electron chi connectivity index (χ3n) is 5.72. The van der Waals surface area contributed by atoms with Gasteiger partial charge in [0, 0.05) is 25.9 Å². The fraction of sp³-hybridized carbons (Fsp3) is 0.364. The number of nitrogens with one attached hydrogen (secondary N) is 1. The standard InChI is InChI=1S/C22H24N8O2S/c1-28-17-11-23-22(29-9-5-6-10-29)26-20(17)33-13-16(21(28)32)25-19(31)18-24-14-30(27-18)12-15-7-3-2-4-8-15/h2-4,7-8,11,14,16H,5-6,9-10,12-13H2,1H3,(H,25,31)/t16-/m0/s1. The Morgan fingerprint density at radius 3 is 2.76 bits per heavy atom. The maximum atomic E-state index is 13.0. The first kappa shape index (κ1) is 21.4. The first-order chi connectivity index (χ1) is 16.1. The molecule has 1 N–H and O–H groups in total. The quantitative estimate of drug-likeness (QED) is 0.567. The number of hydrogen-bond acceptors (Lipinski definition) is 8. The Balaban J connectivity index is 1.27. The van der Waals surface area contributed by atoms with Crippen molar-refractivity contribution in [2.45, 2.75) is 30.5 Å². The second kappa shape index (κ2) is 9.18. The van der Waals surface area contributed by atoms with Crippen molar-refractivity contribution in [1.29, 1.82) is 0 Å². The summed E-state index contributed by atoms with van der Waals surface area (Å²) in [6, 6.07) is 9.07. The predicted molar refractivity (Wildman–Crippen MR) is 124 cm³/mol. The molecule has 33 heavy (non-hydrogen) atoms. The highest BCUT2D eigenvalue weighted by molar-refractivity contribution is 7.99. The van der Waals surface area contributed by atoms with Gasteiger partial charge in [0.2, 0.25) is 17.7 Å². The molecule has 1 saturated heterocycles. The molecule has 0 spiro atoms. The van der Waals surface area contributed by atoms with Gasteiger partial charge in [0.05, 0.1) is 18.4 Å². The fourth-order valence-electron chi connectivity index (χ4n) is 3.91. The van der Waals surface area contributed by atoms with E-state index in [1.54, 1.807) is 17.9 Å². The summed E-state index contributed by atoms with van der Waals surface area (Å²) in [5, 5.41) is 7.80. The van der Waals surface area contributed by atoms with Crippen LogP contribution >= 0.6 is 11.8 Å². The largest absolute Gasteiger partial charge is 0.341 e. The summed E-state index contributed by atoms with van der Waals surface area (Å²) in [6.07, 6.45) is 5.48. The number of thioether (sulfide) groups is 1. The summed E-state index contributed by atoms with van der Waals surface area (Å²) in [4.78, 5) is 42.8. The highest BCUT2D eigenvalue weighted by Gasteiger charge is 2.32. The highest BCUT2D eigenvalue weighted by atomic mass is 32.2. The lowest BCUT2D eigenvalue weighted by Gasteiger charge is -2.21. The molecule has 170 valence electrons. The molecule has 0 bridgehead atoms. The number of amides is 2. The molecule has 1 atom stereocenters. The zero-order valence-electron chi connectivity index (χ0n) is 18.2. The van der Waals surface area contributed by atoms with Gasteiger partial charge in [0.1, 0.15) is 17.4 Å². The van der Waals surface area contributed by atoms with Crippen molar-refractivity contribution < 1.29 is 9.59 Å². The van der Waals surface area contributed by atoms with Crippen molar-refractivity contribution in [3.8, 4) is 0 Å². The summed E-state index contributed by atoms with van der Waals surface area (Å²) in [5.74, 6) is 0.377. The van der Waals surface area contributed by atoms with E-state index in [0.717, 1.165) is 36.5 Å². The van der Waals surface area contributed by atoms with E-state index in [1.165, 1.54) is 23.0 Å². The molecule has 4 heterocycles. The maximum absolute atomic E-state index is 13.0. The SMILES string of the molecule is CN1C(=O)[C@@H](NC(=O)c2ncn(Cc3ccccc3)n2)CSc2nc(N3CCCC3)ncc21. The van der Waals surface area contributed by atoms with Gasteiger partial charge in [-0.3, -0.25) is 9.59 Å². The number of carbonyl (C=O) groups excluding carboxylic acids is 2. The van der Waals surface area contributed by atoms with Gasteiger partial charge in [-0.2, -0.15) is 0 Å². The second-order valence-electron chi connectivity index (χ2n) is 8.04. The van der Waals surface area contributed by atoms with E-state index in [0.29, 0.717) is 23.9 Å². The number of anilines is 2. The summed E-state index contributed by atoms with van der Waals surface area (Å²) in [7, 11) is 1.68. The highest BCUT2D eigenvalue weighted by Crippen LogP contribution is 2.33. The molecule has 1 fully saturated rings. The van der Waals surface area contributed by atoms with Gasteiger partial charge in [-0.25, -0.2) is 19.6 Å². The number of aromatic nitrogens is 5. The number of likely N-dealkylation sites (N-methyl/N-ethyl adjacent to an activating group) is 1. The van der Waals surface area contributed by atoms with Crippen LogP contribution in [0.3, 0.4) is 0 Å². The molecular formula is C22H24N8O2S. The van der Waals surface area contributed by atoms with Gasteiger partial charge >= 0.3 is 0 Å². The van der Waals surface area contributed by atoms with E-state index in [9.17, 15) is 9.59 Å². The molecular weight excluding hydrogens is 440 g/mol. The predicted octanol–water partition coefficient (Wildman–Crippen LogP) is 1.58. The van der Waals surface area contributed by atoms with Crippen LogP contribution in [-0.2, 0) is 11.3 Å². The van der Waals surface area contributed by atoms with Crippen molar-refractivity contribution in [3.05, 3.63) is 54.2 Å². The van der Waals surface area contributed by atoms with Crippen LogP contribution in [0.2, 0.25) is 0 Å². The Morgan fingerprint density at radius 2 is 1.97 bits per heavy atom. The average molecular weight is 465 g/mol. The molecule has 11 heteroatoms. The van der Waals surface area contributed by atoms with Crippen LogP contribution in [0.4, 0.5) is 11.6 Å². The van der Waals surface area contributed by atoms with Crippen LogP contribution in [0, 0.1) is 0 Å². The van der Waals surface area contributed by atoms with E-state index in [1.807, 2.05) is 30.3 Å². The first-order valence-electron chi connectivity index (χ1n) is 10.8. The molecule has 0 unspecified atom stereocenters. The number of nitrogens with zero attached hydrogens (tertiary/aromatic N) is 7. The van der Waals surface area contributed by atoms with Crippen molar-refractivity contribution in [1.82, 2.24) is 30.0 Å². The number of carbonyl (C=O) groups is 2. The van der Waals surface area contributed by atoms with E-state index in [-0.39, 0.29) is 11.7 Å². The lowest BCUT2D eigenvalue weighted by atomic mass is 10.2. The van der Waals surface area contributed by atoms with Gasteiger partial charge in [0.15, 0.2) is 0 Å². The summed E-state index contributed by atoms with van der Waals surface area (Å²) in [6.45, 7) is 2.40. The number of benzene rings is 1. The Bertz CT molecular complexity index is 1160. The van der Waals surface area contributed by atoms with E-state index in [4.69, 9.17) is 4.98 Å². The van der Waals surface area contributed by atoms with E-state index in [2.05, 4.69) is 25.3 Å². The van der Waals surface area contributed by atoms with Crippen molar-refractivity contribution in [3.63, 3.8) is 0 Å². The van der Waals surface area contributed by atoms with Crippen LogP contribution in [0.15, 0.2) is 47.9 Å². The second-order valence-corrected chi connectivity index (χ2v) is 9.05. The van der Waals surface area contributed by atoms with Gasteiger partial charge in [-0.1, -0.05) is 30.3 Å². The van der Waals surface area contributed by atoms with Crippen LogP contribution in [0.1, 0.15) is 29.0 Å². The van der Waals surface area contributed by atoms with Crippen molar-refractivity contribution in [2.24, 2.45) is 0 Å². The molecule has 2 aliphatic rings. The minimum atomic E-state index is -0.724. The number of rotatable bonds is 5. The molecule has 3 aromatic rings. The lowest BCUT2D eigenvalue weighted by Crippen LogP contribution is -2.48. The Labute approximate surface area is 195 Å². The molecule has 1 aromatic carbocycles. The van der Waals surface area contributed by atoms with Gasteiger partial charge in [-0.05, 0) is 18.4 Å². The van der Waals surface area contributed by atoms with Gasteiger partial charge in [0.25, 0.3) is 5.91 Å². The molecule has 2 aromatic heterocycles.